The quantitative estimate of drug-likeness (QED) is 0.368. The van der Waals surface area contributed by atoms with Crippen LogP contribution in [0.2, 0.25) is 5.02 Å². The summed E-state index contributed by atoms with van der Waals surface area (Å²) in [5.41, 5.74) is 0.909. The molecule has 2 aromatic carbocycles. The van der Waals surface area contributed by atoms with Gasteiger partial charge >= 0.3 is 0 Å². The Kier molecular flexibility index (Phi) is 9.05. The molecular formula is C19H20BrCl2N3OS2. The highest BCUT2D eigenvalue weighted by Crippen LogP contribution is 2.31. The monoisotopic (exact) mass is 519 g/mol. The summed E-state index contributed by atoms with van der Waals surface area (Å²) < 4.78 is 2.07. The molecule has 0 atom stereocenters. The summed E-state index contributed by atoms with van der Waals surface area (Å²) in [4.78, 5) is 22.5. The topological polar surface area (TPSA) is 36.4 Å². The first-order valence-corrected chi connectivity index (χ1v) is 11.3. The van der Waals surface area contributed by atoms with E-state index in [-0.39, 0.29) is 18.3 Å². The van der Waals surface area contributed by atoms with Gasteiger partial charge in [-0.15, -0.1) is 24.2 Å². The summed E-state index contributed by atoms with van der Waals surface area (Å²) in [6.45, 7) is 1.38. The molecule has 0 aliphatic heterocycles. The lowest BCUT2D eigenvalue weighted by Crippen LogP contribution is -2.37. The summed E-state index contributed by atoms with van der Waals surface area (Å²) in [7, 11) is 4.00. The first-order valence-electron chi connectivity index (χ1n) is 8.32. The third kappa shape index (κ3) is 6.34. The predicted molar refractivity (Wildman–Crippen MR) is 128 cm³/mol. The lowest BCUT2D eigenvalue weighted by atomic mass is 10.3. The number of hydrogen-bond acceptors (Lipinski definition) is 5. The number of likely N-dealkylation sites (N-methyl/N-ethyl adjacent to an activating group) is 1. The molecular weight excluding hydrogens is 501 g/mol. The zero-order chi connectivity index (χ0) is 19.4. The first kappa shape index (κ1) is 23.4. The lowest BCUT2D eigenvalue weighted by molar-refractivity contribution is -0.116. The number of amides is 1. The number of carbonyl (C=O) groups excluding carboxylic acids is 1. The van der Waals surface area contributed by atoms with E-state index in [0.717, 1.165) is 31.3 Å². The molecule has 0 aliphatic rings. The Morgan fingerprint density at radius 3 is 2.57 bits per heavy atom. The van der Waals surface area contributed by atoms with Crippen molar-refractivity contribution < 1.29 is 4.79 Å². The van der Waals surface area contributed by atoms with Crippen molar-refractivity contribution in [3.63, 3.8) is 0 Å². The highest BCUT2D eigenvalue weighted by atomic mass is 79.9. The van der Waals surface area contributed by atoms with E-state index in [1.807, 2.05) is 56.6 Å². The molecule has 0 aliphatic carbocycles. The molecule has 0 bridgehead atoms. The molecule has 0 spiro atoms. The number of halogens is 3. The predicted octanol–water partition coefficient (Wildman–Crippen LogP) is 5.82. The molecule has 0 saturated carbocycles. The van der Waals surface area contributed by atoms with Gasteiger partial charge in [0.1, 0.15) is 0 Å². The maximum atomic E-state index is 13.0. The van der Waals surface area contributed by atoms with Crippen LogP contribution in [-0.4, -0.2) is 48.7 Å². The van der Waals surface area contributed by atoms with E-state index in [2.05, 4.69) is 25.8 Å². The molecule has 9 heteroatoms. The van der Waals surface area contributed by atoms with Crippen LogP contribution in [0.5, 0.6) is 0 Å². The van der Waals surface area contributed by atoms with E-state index in [9.17, 15) is 4.79 Å². The Balaban J connectivity index is 0.00000280. The maximum Gasteiger partial charge on any atom is 0.239 e. The summed E-state index contributed by atoms with van der Waals surface area (Å²) in [5, 5.41) is 1.44. The fourth-order valence-corrected chi connectivity index (χ4v) is 4.84. The van der Waals surface area contributed by atoms with Gasteiger partial charge in [0.2, 0.25) is 5.91 Å². The minimum atomic E-state index is 0. The average molecular weight is 521 g/mol. The summed E-state index contributed by atoms with van der Waals surface area (Å²) >= 11 is 12.5. The average Bonchev–Trinajstić information content (AvgIpc) is 3.03. The Hall–Kier alpha value is -0.830. The highest BCUT2D eigenvalue weighted by molar-refractivity contribution is 9.10. The van der Waals surface area contributed by atoms with Gasteiger partial charge in [-0.3, -0.25) is 9.69 Å². The van der Waals surface area contributed by atoms with Crippen LogP contribution in [0.4, 0.5) is 5.13 Å². The highest BCUT2D eigenvalue weighted by Gasteiger charge is 2.20. The molecule has 0 unspecified atom stereocenters. The molecule has 3 rings (SSSR count). The van der Waals surface area contributed by atoms with Gasteiger partial charge in [-0.2, -0.15) is 0 Å². The Bertz CT molecular complexity index is 935. The Morgan fingerprint density at radius 1 is 1.18 bits per heavy atom. The van der Waals surface area contributed by atoms with E-state index in [1.54, 1.807) is 16.2 Å². The van der Waals surface area contributed by atoms with E-state index in [1.165, 1.54) is 11.8 Å². The molecule has 150 valence electrons. The van der Waals surface area contributed by atoms with Crippen LogP contribution in [0.3, 0.4) is 0 Å². The number of aromatic nitrogens is 1. The van der Waals surface area contributed by atoms with Crippen molar-refractivity contribution in [3.05, 3.63) is 52.0 Å². The molecule has 0 saturated heterocycles. The molecule has 0 radical (unpaired) electrons. The number of anilines is 1. The van der Waals surface area contributed by atoms with Gasteiger partial charge in [0, 0.05) is 27.5 Å². The van der Waals surface area contributed by atoms with Gasteiger partial charge < -0.3 is 4.90 Å². The van der Waals surface area contributed by atoms with Crippen molar-refractivity contribution in [2.24, 2.45) is 0 Å². The minimum Gasteiger partial charge on any atom is -0.308 e. The fourth-order valence-electron chi connectivity index (χ4n) is 2.38. The first-order chi connectivity index (χ1) is 12.9. The number of rotatable bonds is 7. The third-order valence-electron chi connectivity index (χ3n) is 3.82. The Labute approximate surface area is 192 Å². The molecule has 1 amide bonds. The van der Waals surface area contributed by atoms with Crippen molar-refractivity contribution in [2.45, 2.75) is 4.90 Å². The van der Waals surface area contributed by atoms with Crippen LogP contribution in [0, 0.1) is 0 Å². The smallest absolute Gasteiger partial charge is 0.239 e. The molecule has 28 heavy (non-hydrogen) atoms. The fraction of sp³-hybridized carbons (Fsp3) is 0.263. The molecule has 1 aromatic heterocycles. The number of carbonyl (C=O) groups is 1. The number of thiazole rings is 1. The van der Waals surface area contributed by atoms with E-state index in [0.29, 0.717) is 17.3 Å². The number of fused-ring (bicyclic) bond motifs is 1. The van der Waals surface area contributed by atoms with Gasteiger partial charge in [0.15, 0.2) is 5.13 Å². The van der Waals surface area contributed by atoms with Gasteiger partial charge in [-0.05, 0) is 56.6 Å². The van der Waals surface area contributed by atoms with Gasteiger partial charge in [-0.1, -0.05) is 38.9 Å². The molecule has 1 heterocycles. The molecule has 0 fully saturated rings. The lowest BCUT2D eigenvalue weighted by Gasteiger charge is -2.21. The van der Waals surface area contributed by atoms with Crippen molar-refractivity contribution in [1.82, 2.24) is 9.88 Å². The van der Waals surface area contributed by atoms with Crippen LogP contribution in [0.1, 0.15) is 0 Å². The van der Waals surface area contributed by atoms with Crippen LogP contribution in [0.25, 0.3) is 10.2 Å². The van der Waals surface area contributed by atoms with Crippen molar-refractivity contribution in [2.75, 3.05) is 37.8 Å². The standard InChI is InChI=1S/C19H19BrClN3OS2.ClH/c1-23(2)9-10-24(18(25)12-26-15-6-4-14(21)5-7-15)19-22-16-8-3-13(20)11-17(16)27-19;/h3-8,11H,9-10,12H2,1-2H3;1H. The second kappa shape index (κ2) is 10.8. The molecule has 4 nitrogen and oxygen atoms in total. The van der Waals surface area contributed by atoms with Crippen molar-refractivity contribution >= 4 is 84.3 Å². The van der Waals surface area contributed by atoms with Crippen LogP contribution in [0.15, 0.2) is 51.8 Å². The van der Waals surface area contributed by atoms with Crippen LogP contribution in [-0.2, 0) is 4.79 Å². The van der Waals surface area contributed by atoms with Gasteiger partial charge in [-0.25, -0.2) is 4.98 Å². The van der Waals surface area contributed by atoms with Gasteiger partial charge in [0.05, 0.1) is 16.0 Å². The van der Waals surface area contributed by atoms with E-state index < -0.39 is 0 Å². The van der Waals surface area contributed by atoms with Crippen molar-refractivity contribution in [3.8, 4) is 0 Å². The Morgan fingerprint density at radius 2 is 1.89 bits per heavy atom. The third-order valence-corrected chi connectivity index (χ3v) is 6.60. The molecule has 3 aromatic rings. The summed E-state index contributed by atoms with van der Waals surface area (Å²) in [6.07, 6.45) is 0. The second-order valence-electron chi connectivity index (χ2n) is 6.20. The maximum absolute atomic E-state index is 13.0. The van der Waals surface area contributed by atoms with E-state index in [4.69, 9.17) is 11.6 Å². The van der Waals surface area contributed by atoms with Crippen LogP contribution < -0.4 is 4.90 Å². The molecule has 0 N–H and O–H groups in total. The largest absolute Gasteiger partial charge is 0.308 e. The summed E-state index contributed by atoms with van der Waals surface area (Å²) in [5.74, 6) is 0.407. The van der Waals surface area contributed by atoms with E-state index >= 15 is 0 Å². The number of benzene rings is 2. The van der Waals surface area contributed by atoms with Crippen LogP contribution >= 0.6 is 63.0 Å². The number of nitrogens with zero attached hydrogens (tertiary/aromatic N) is 3. The number of hydrogen-bond donors (Lipinski definition) is 0. The van der Waals surface area contributed by atoms with Gasteiger partial charge in [0.25, 0.3) is 0 Å². The zero-order valence-corrected chi connectivity index (χ0v) is 20.2. The normalized spacial score (nSPS) is 10.9. The second-order valence-corrected chi connectivity index (χ2v) is 9.61. The zero-order valence-electron chi connectivity index (χ0n) is 15.4. The minimum absolute atomic E-state index is 0. The summed E-state index contributed by atoms with van der Waals surface area (Å²) in [6, 6.07) is 13.5. The number of thioether (sulfide) groups is 1. The van der Waals surface area contributed by atoms with Crippen molar-refractivity contribution in [1.29, 1.82) is 0 Å². The SMILES string of the molecule is CN(C)CCN(C(=O)CSc1ccc(Cl)cc1)c1nc2ccc(Br)cc2s1.Cl.